The Morgan fingerprint density at radius 2 is 1.81 bits per heavy atom. The number of nitrogen functional groups attached to an aromatic ring is 1. The maximum atomic E-state index is 12.4. The van der Waals surface area contributed by atoms with Gasteiger partial charge < -0.3 is 11.2 Å². The largest absolute Gasteiger partial charge is 0.334 e. The lowest BCUT2D eigenvalue weighted by Gasteiger charge is -2.09. The van der Waals surface area contributed by atoms with Crippen molar-refractivity contribution in [1.82, 2.24) is 14.9 Å². The van der Waals surface area contributed by atoms with Gasteiger partial charge in [-0.1, -0.05) is 65.8 Å². The van der Waals surface area contributed by atoms with E-state index in [1.165, 1.54) is 0 Å². The summed E-state index contributed by atoms with van der Waals surface area (Å²) in [4.78, 5) is 24.4. The van der Waals surface area contributed by atoms with Crippen molar-refractivity contribution in [2.75, 3.05) is 16.9 Å². The number of rotatable bonds is 5. The molecule has 3 aromatic rings. The number of hydrogen-bond acceptors (Lipinski definition) is 6. The number of amides is 1. The van der Waals surface area contributed by atoms with Gasteiger partial charge in [0.2, 0.25) is 11.1 Å². The summed E-state index contributed by atoms with van der Waals surface area (Å²) in [5, 5.41) is 11.2. The lowest BCUT2D eigenvalue weighted by Crippen LogP contribution is -2.32. The quantitative estimate of drug-likeness (QED) is 0.514. The Morgan fingerprint density at radius 3 is 2.54 bits per heavy atom. The first-order chi connectivity index (χ1) is 12.6. The Bertz CT molecular complexity index is 994. The highest BCUT2D eigenvalue weighted by Crippen LogP contribution is 2.21. The summed E-state index contributed by atoms with van der Waals surface area (Å²) in [6.07, 6.45) is 0. The number of para-hydroxylation sites is 1. The first-order valence-electron chi connectivity index (χ1n) is 7.53. The normalized spacial score (nSPS) is 10.5. The number of carbonyl (C=O) groups is 1. The third-order valence-corrected chi connectivity index (χ3v) is 4.66. The van der Waals surface area contributed by atoms with Gasteiger partial charge in [0.25, 0.3) is 5.56 Å². The maximum absolute atomic E-state index is 12.4. The smallest absolute Gasteiger partial charge is 0.299 e. The second-order valence-electron chi connectivity index (χ2n) is 5.19. The molecular formula is C17H14ClN5O2S. The van der Waals surface area contributed by atoms with Gasteiger partial charge >= 0.3 is 0 Å². The number of thioether (sulfide) groups is 1. The molecule has 0 aliphatic rings. The van der Waals surface area contributed by atoms with Crippen molar-refractivity contribution in [3.8, 4) is 11.3 Å². The minimum Gasteiger partial charge on any atom is -0.334 e. The molecule has 0 spiro atoms. The van der Waals surface area contributed by atoms with Crippen molar-refractivity contribution in [2.45, 2.75) is 5.16 Å². The molecule has 2 aromatic carbocycles. The van der Waals surface area contributed by atoms with Crippen molar-refractivity contribution >= 4 is 35.0 Å². The Kier molecular flexibility index (Phi) is 5.55. The van der Waals surface area contributed by atoms with Crippen LogP contribution >= 0.6 is 23.4 Å². The number of benzene rings is 2. The minimum atomic E-state index is -0.486. The number of nitrogens with two attached hydrogens (primary N) is 1. The number of nitrogens with zero attached hydrogens (tertiary/aromatic N) is 3. The molecule has 1 aromatic heterocycles. The van der Waals surface area contributed by atoms with Crippen molar-refractivity contribution in [3.05, 3.63) is 70.0 Å². The third-order valence-electron chi connectivity index (χ3n) is 3.39. The Labute approximate surface area is 158 Å². The molecule has 0 aliphatic heterocycles. The average molecular weight is 388 g/mol. The topological polar surface area (TPSA) is 103 Å². The molecule has 0 radical (unpaired) electrons. The molecule has 0 unspecified atom stereocenters. The molecule has 26 heavy (non-hydrogen) atoms. The first kappa shape index (κ1) is 18.0. The second kappa shape index (κ2) is 8.03. The van der Waals surface area contributed by atoms with E-state index in [2.05, 4.69) is 15.5 Å². The maximum Gasteiger partial charge on any atom is 0.299 e. The van der Waals surface area contributed by atoms with Crippen LogP contribution in [0.4, 0.5) is 5.69 Å². The van der Waals surface area contributed by atoms with Crippen LogP contribution in [0.3, 0.4) is 0 Å². The zero-order chi connectivity index (χ0) is 18.5. The number of nitrogens with one attached hydrogen (secondary N) is 1. The Balaban J connectivity index is 1.71. The zero-order valence-corrected chi connectivity index (χ0v) is 15.0. The summed E-state index contributed by atoms with van der Waals surface area (Å²) >= 11 is 7.01. The average Bonchev–Trinajstić information content (AvgIpc) is 2.65. The summed E-state index contributed by atoms with van der Waals surface area (Å²) in [7, 11) is 0. The van der Waals surface area contributed by atoms with Crippen LogP contribution in [0, 0.1) is 0 Å². The summed E-state index contributed by atoms with van der Waals surface area (Å²) < 4.78 is 0.892. The fourth-order valence-electron chi connectivity index (χ4n) is 2.14. The zero-order valence-electron chi connectivity index (χ0n) is 13.4. The highest BCUT2D eigenvalue weighted by Gasteiger charge is 2.14. The summed E-state index contributed by atoms with van der Waals surface area (Å²) in [6, 6.07) is 15.8. The monoisotopic (exact) mass is 387 g/mol. The number of halogens is 1. The van der Waals surface area contributed by atoms with E-state index in [4.69, 9.17) is 17.4 Å². The van der Waals surface area contributed by atoms with Gasteiger partial charge in [-0.05, 0) is 12.1 Å². The number of hydrogen-bond donors (Lipinski definition) is 2. The van der Waals surface area contributed by atoms with Crippen molar-refractivity contribution < 1.29 is 4.79 Å². The predicted molar refractivity (Wildman–Crippen MR) is 103 cm³/mol. The molecule has 3 rings (SSSR count). The van der Waals surface area contributed by atoms with Gasteiger partial charge in [-0.3, -0.25) is 9.59 Å². The lowest BCUT2D eigenvalue weighted by molar-refractivity contribution is -0.113. The van der Waals surface area contributed by atoms with E-state index in [1.54, 1.807) is 48.5 Å². The Hall–Kier alpha value is -2.84. The van der Waals surface area contributed by atoms with Crippen molar-refractivity contribution in [3.63, 3.8) is 0 Å². The Morgan fingerprint density at radius 1 is 1.12 bits per heavy atom. The SMILES string of the molecule is Nn1c(SCC(=O)Nc2ccccc2Cl)nnc(-c2ccccc2)c1=O. The summed E-state index contributed by atoms with van der Waals surface area (Å²) in [5.74, 6) is 5.51. The molecule has 7 nitrogen and oxygen atoms in total. The van der Waals surface area contributed by atoms with Crippen LogP contribution in [0.5, 0.6) is 0 Å². The second-order valence-corrected chi connectivity index (χ2v) is 6.54. The van der Waals surface area contributed by atoms with Crippen LogP contribution in [0.1, 0.15) is 0 Å². The van der Waals surface area contributed by atoms with Gasteiger partial charge in [0.05, 0.1) is 16.5 Å². The lowest BCUT2D eigenvalue weighted by atomic mass is 10.2. The van der Waals surface area contributed by atoms with Gasteiger partial charge in [-0.15, -0.1) is 10.2 Å². The van der Waals surface area contributed by atoms with Crippen LogP contribution in [0.2, 0.25) is 5.02 Å². The molecule has 9 heteroatoms. The van der Waals surface area contributed by atoms with Crippen LogP contribution < -0.4 is 16.7 Å². The molecule has 0 saturated carbocycles. The highest BCUT2D eigenvalue weighted by atomic mass is 35.5. The molecule has 0 fully saturated rings. The molecule has 0 atom stereocenters. The standard InChI is InChI=1S/C17H14ClN5O2S/c18-12-8-4-5-9-13(12)20-14(24)10-26-17-22-21-15(16(25)23(17)19)11-6-2-1-3-7-11/h1-9H,10,19H2,(H,20,24). The fourth-order valence-corrected chi connectivity index (χ4v) is 2.98. The van der Waals surface area contributed by atoms with Gasteiger partial charge in [0.1, 0.15) is 0 Å². The van der Waals surface area contributed by atoms with Gasteiger partial charge in [-0.2, -0.15) is 4.68 Å². The van der Waals surface area contributed by atoms with Crippen LogP contribution in [-0.2, 0) is 4.79 Å². The van der Waals surface area contributed by atoms with E-state index in [0.29, 0.717) is 16.3 Å². The number of carbonyl (C=O) groups excluding carboxylic acids is 1. The van der Waals surface area contributed by atoms with Crippen LogP contribution in [-0.4, -0.2) is 26.5 Å². The van der Waals surface area contributed by atoms with Gasteiger partial charge in [0.15, 0.2) is 5.69 Å². The molecule has 1 heterocycles. The first-order valence-corrected chi connectivity index (χ1v) is 8.90. The third kappa shape index (κ3) is 4.04. The molecule has 1 amide bonds. The van der Waals surface area contributed by atoms with Crippen molar-refractivity contribution in [1.29, 1.82) is 0 Å². The molecule has 0 saturated heterocycles. The molecule has 3 N–H and O–H groups in total. The number of anilines is 1. The van der Waals surface area contributed by atoms with Gasteiger partial charge in [-0.25, -0.2) is 0 Å². The van der Waals surface area contributed by atoms with E-state index in [9.17, 15) is 9.59 Å². The molecule has 0 aliphatic carbocycles. The predicted octanol–water partition coefficient (Wildman–Crippen LogP) is 2.40. The minimum absolute atomic E-state index is 0.00122. The van der Waals surface area contributed by atoms with Crippen LogP contribution in [0.25, 0.3) is 11.3 Å². The van der Waals surface area contributed by atoms with E-state index < -0.39 is 5.56 Å². The van der Waals surface area contributed by atoms with E-state index in [1.807, 2.05) is 6.07 Å². The van der Waals surface area contributed by atoms with E-state index >= 15 is 0 Å². The molecule has 0 bridgehead atoms. The summed E-state index contributed by atoms with van der Waals surface area (Å²) in [6.45, 7) is 0. The molecule has 132 valence electrons. The van der Waals surface area contributed by atoms with Crippen LogP contribution in [0.15, 0.2) is 64.5 Å². The van der Waals surface area contributed by atoms with Gasteiger partial charge in [0, 0.05) is 5.56 Å². The van der Waals surface area contributed by atoms with E-state index in [0.717, 1.165) is 16.4 Å². The molecular weight excluding hydrogens is 374 g/mol. The highest BCUT2D eigenvalue weighted by molar-refractivity contribution is 7.99. The van der Waals surface area contributed by atoms with Crippen molar-refractivity contribution in [2.24, 2.45) is 0 Å². The summed E-state index contributed by atoms with van der Waals surface area (Å²) in [5.41, 5.74) is 0.797. The van der Waals surface area contributed by atoms with E-state index in [-0.39, 0.29) is 22.5 Å². The number of aromatic nitrogens is 3. The fraction of sp³-hybridized carbons (Fsp3) is 0.0588.